The number of nitrogens with zero attached hydrogens (tertiary/aromatic N) is 6. The van der Waals surface area contributed by atoms with Gasteiger partial charge >= 0.3 is 42.1 Å². The standard InChI is InChI=1S/2C15H9FN.2C15H15N2.2Pt/c2*16-13-7-5-12(6-8-13)15-14-4-2-1-3-11(14)9-10-17-15;2*1-15(2,3)13-9-8-11-10-6-4-5-7-12(10)16-14(11)17-13;;/h2*1-5,7-10H;2*4-9H,1-3H3;;/q4*-1;2*+2. The fourth-order valence-corrected chi connectivity index (χ4v) is 7.92. The van der Waals surface area contributed by atoms with E-state index in [0.29, 0.717) is 0 Å². The largest absolute Gasteiger partial charge is 2.00 e. The summed E-state index contributed by atoms with van der Waals surface area (Å²) in [4.78, 5) is 27.2. The normalized spacial score (nSPS) is 11.2. The summed E-state index contributed by atoms with van der Waals surface area (Å²) in [5, 5.41) is 9.02. The van der Waals surface area contributed by atoms with Crippen LogP contribution in [0.4, 0.5) is 8.78 Å². The predicted molar refractivity (Wildman–Crippen MR) is 274 cm³/mol. The van der Waals surface area contributed by atoms with Crippen LogP contribution in [-0.2, 0) is 53.0 Å². The minimum atomic E-state index is -0.283. The fourth-order valence-electron chi connectivity index (χ4n) is 7.92. The van der Waals surface area contributed by atoms with Gasteiger partial charge in [-0.2, -0.15) is 0 Å². The van der Waals surface area contributed by atoms with E-state index in [-0.39, 0.29) is 64.6 Å². The zero-order valence-corrected chi connectivity index (χ0v) is 43.9. The van der Waals surface area contributed by atoms with E-state index in [0.717, 1.165) is 88.5 Å². The predicted octanol–water partition coefficient (Wildman–Crippen LogP) is 15.0. The van der Waals surface area contributed by atoms with Gasteiger partial charge in [0.15, 0.2) is 0 Å². The summed E-state index contributed by atoms with van der Waals surface area (Å²) in [6.45, 7) is 13.0. The van der Waals surface area contributed by atoms with Crippen molar-refractivity contribution < 1.29 is 50.9 Å². The maximum absolute atomic E-state index is 12.9. The second-order valence-corrected chi connectivity index (χ2v) is 18.5. The molecule has 0 bridgehead atoms. The molecule has 70 heavy (non-hydrogen) atoms. The molecule has 0 aliphatic carbocycles. The summed E-state index contributed by atoms with van der Waals surface area (Å²) in [5.41, 5.74) is 9.39. The Morgan fingerprint density at radius 1 is 0.400 bits per heavy atom. The van der Waals surface area contributed by atoms with Crippen LogP contribution in [0.3, 0.4) is 0 Å². The van der Waals surface area contributed by atoms with E-state index in [1.807, 2.05) is 97.1 Å². The maximum Gasteiger partial charge on any atom is 2.00 e. The van der Waals surface area contributed by atoms with Crippen LogP contribution >= 0.6 is 0 Å². The number of aromatic nitrogens is 6. The van der Waals surface area contributed by atoms with Crippen LogP contribution in [0.2, 0.25) is 0 Å². The van der Waals surface area contributed by atoms with Gasteiger partial charge in [0.25, 0.3) is 0 Å². The molecule has 10 heteroatoms. The number of rotatable bonds is 2. The molecule has 6 aromatic heterocycles. The Morgan fingerprint density at radius 3 is 1.14 bits per heavy atom. The minimum absolute atomic E-state index is 0. The van der Waals surface area contributed by atoms with Crippen molar-refractivity contribution in [3.8, 4) is 22.5 Å². The first-order chi connectivity index (χ1) is 32.8. The molecule has 6 heterocycles. The first kappa shape index (κ1) is 51.1. The third-order valence-electron chi connectivity index (χ3n) is 11.5. The molecule has 352 valence electrons. The van der Waals surface area contributed by atoms with Gasteiger partial charge in [0, 0.05) is 24.0 Å². The van der Waals surface area contributed by atoms with Gasteiger partial charge < -0.3 is 29.9 Å². The Hall–Kier alpha value is -6.72. The molecule has 0 aliphatic heterocycles. The third kappa shape index (κ3) is 11.5. The van der Waals surface area contributed by atoms with Gasteiger partial charge in [-0.25, -0.2) is 0 Å². The molecule has 0 amide bonds. The molecule has 12 aromatic rings. The number of halogens is 2. The summed E-state index contributed by atoms with van der Waals surface area (Å²) in [5.74, 6) is -0.567. The van der Waals surface area contributed by atoms with Crippen molar-refractivity contribution in [2.45, 2.75) is 52.4 Å². The molecular weight excluding hydrogens is 1230 g/mol. The molecule has 0 fully saturated rings. The van der Waals surface area contributed by atoms with Crippen LogP contribution in [0, 0.1) is 23.8 Å². The van der Waals surface area contributed by atoms with E-state index in [2.05, 4.69) is 120 Å². The Kier molecular flexibility index (Phi) is 16.0. The van der Waals surface area contributed by atoms with Crippen molar-refractivity contribution in [2.75, 3.05) is 0 Å². The first-order valence-electron chi connectivity index (χ1n) is 22.5. The maximum atomic E-state index is 12.9. The van der Waals surface area contributed by atoms with Gasteiger partial charge in [-0.1, -0.05) is 186 Å². The van der Waals surface area contributed by atoms with E-state index < -0.39 is 0 Å². The van der Waals surface area contributed by atoms with Crippen molar-refractivity contribution >= 4 is 65.4 Å². The second-order valence-electron chi connectivity index (χ2n) is 18.5. The Balaban J connectivity index is 0.000000136. The van der Waals surface area contributed by atoms with E-state index in [1.54, 1.807) is 24.5 Å². The van der Waals surface area contributed by atoms with Crippen LogP contribution in [0.1, 0.15) is 52.9 Å². The van der Waals surface area contributed by atoms with Gasteiger partial charge in [0.1, 0.15) is 0 Å². The van der Waals surface area contributed by atoms with Gasteiger partial charge in [0.2, 0.25) is 0 Å². The summed E-state index contributed by atoms with van der Waals surface area (Å²) >= 11 is 0. The van der Waals surface area contributed by atoms with E-state index in [1.165, 1.54) is 35.0 Å². The molecule has 0 atom stereocenters. The third-order valence-corrected chi connectivity index (χ3v) is 11.5. The van der Waals surface area contributed by atoms with Crippen molar-refractivity contribution in [1.82, 2.24) is 29.9 Å². The number of hydrogen-bond acceptors (Lipinski definition) is 4. The average molecular weight is 1280 g/mol. The quantitative estimate of drug-likeness (QED) is 0.160. The van der Waals surface area contributed by atoms with Gasteiger partial charge in [0.05, 0.1) is 0 Å². The zero-order chi connectivity index (χ0) is 47.4. The van der Waals surface area contributed by atoms with E-state index in [4.69, 9.17) is 0 Å². The molecule has 0 saturated heterocycles. The van der Waals surface area contributed by atoms with Crippen LogP contribution < -0.4 is 9.97 Å². The molecular formula is C60H48F2N6Pt2. The Bertz CT molecular complexity index is 3430. The van der Waals surface area contributed by atoms with Gasteiger partial charge in [-0.05, 0) is 88.5 Å². The average Bonchev–Trinajstić information content (AvgIpc) is 3.92. The monoisotopic (exact) mass is 1280 g/mol. The van der Waals surface area contributed by atoms with Crippen LogP contribution in [-0.4, -0.2) is 19.9 Å². The number of benzene rings is 6. The van der Waals surface area contributed by atoms with Crippen molar-refractivity contribution in [1.29, 1.82) is 0 Å². The molecule has 0 spiro atoms. The summed E-state index contributed by atoms with van der Waals surface area (Å²) in [7, 11) is 0. The smallest absolute Gasteiger partial charge is 0.439 e. The number of fused-ring (bicyclic) bond motifs is 8. The van der Waals surface area contributed by atoms with Crippen LogP contribution in [0.15, 0.2) is 182 Å². The molecule has 6 nitrogen and oxygen atoms in total. The summed E-state index contributed by atoms with van der Waals surface area (Å²) in [6.07, 6.45) is 3.52. The molecule has 0 N–H and O–H groups in total. The topological polar surface area (TPSA) is 79.8 Å². The van der Waals surface area contributed by atoms with Crippen molar-refractivity contribution in [2.24, 2.45) is 0 Å². The molecule has 0 unspecified atom stereocenters. The number of hydrogen-bond donors (Lipinski definition) is 0. The fraction of sp³-hybridized carbons (Fsp3) is 0.133. The Morgan fingerprint density at radius 2 is 0.771 bits per heavy atom. The van der Waals surface area contributed by atoms with Gasteiger partial charge in [-0.3, -0.25) is 8.78 Å². The molecule has 6 aromatic carbocycles. The van der Waals surface area contributed by atoms with Gasteiger partial charge in [-0.15, -0.1) is 59.7 Å². The van der Waals surface area contributed by atoms with Crippen LogP contribution in [0.5, 0.6) is 0 Å². The molecule has 0 saturated carbocycles. The Labute approximate surface area is 435 Å². The minimum Gasteiger partial charge on any atom is -0.439 e. The summed E-state index contributed by atoms with van der Waals surface area (Å²) in [6, 6.07) is 59.5. The summed E-state index contributed by atoms with van der Waals surface area (Å²) < 4.78 is 25.7. The van der Waals surface area contributed by atoms with E-state index >= 15 is 0 Å². The second kappa shape index (κ2) is 21.9. The number of pyridine rings is 4. The first-order valence-corrected chi connectivity index (χ1v) is 22.5. The molecule has 0 radical (unpaired) electrons. The van der Waals surface area contributed by atoms with Crippen molar-refractivity contribution in [3.63, 3.8) is 0 Å². The SMILES string of the molecule is CC(C)(C)c1ccc2c(n1)[n-]c1ccccc12.CC(C)(C)c1ccc2c(n1)[n-]c1ccccc12.Fc1c[c-]c(-c2nccc3ccccc23)cc1.Fc1c[c-]c(-c2nccc3ccccc23)cc1.[Pt+2].[Pt+2]. The van der Waals surface area contributed by atoms with Crippen LogP contribution in [0.25, 0.3) is 87.9 Å². The zero-order valence-electron chi connectivity index (χ0n) is 39.4. The molecule has 0 aliphatic rings. The van der Waals surface area contributed by atoms with Crippen molar-refractivity contribution in [3.05, 3.63) is 217 Å². The molecule has 12 rings (SSSR count). The van der Waals surface area contributed by atoms with E-state index in [9.17, 15) is 8.78 Å². The number of para-hydroxylation sites is 2.